The second-order valence-electron chi connectivity index (χ2n) is 5.67. The lowest BCUT2D eigenvalue weighted by atomic mass is 10.1. The highest BCUT2D eigenvalue weighted by Crippen LogP contribution is 2.12. The Labute approximate surface area is 146 Å². The van der Waals surface area contributed by atoms with Crippen molar-refractivity contribution in [1.29, 1.82) is 0 Å². The molecule has 0 unspecified atom stereocenters. The van der Waals surface area contributed by atoms with Crippen molar-refractivity contribution >= 4 is 27.4 Å². The van der Waals surface area contributed by atoms with Crippen LogP contribution < -0.4 is 5.32 Å². The molecule has 0 heterocycles. The average molecular weight is 361 g/mol. The van der Waals surface area contributed by atoms with Gasteiger partial charge in [-0.1, -0.05) is 30.3 Å². The molecule has 0 aliphatic heterocycles. The van der Waals surface area contributed by atoms with Crippen molar-refractivity contribution in [1.82, 2.24) is 0 Å². The van der Waals surface area contributed by atoms with Crippen molar-refractivity contribution in [2.45, 2.75) is 18.8 Å². The molecular weight excluding hydrogens is 342 g/mol. The maximum atomic E-state index is 12.2. The van der Waals surface area contributed by atoms with Crippen LogP contribution in [0.2, 0.25) is 0 Å². The third kappa shape index (κ3) is 6.04. The number of sulfone groups is 1. The molecule has 2 aromatic carbocycles. The molecule has 0 aromatic heterocycles. The SMILES string of the molecule is C[C@H](OC(=O)c1cccc(CS(C)(=O)=O)c1)C(=O)Nc1ccccc1. The second kappa shape index (κ2) is 7.94. The first-order valence-corrected chi connectivity index (χ1v) is 9.64. The van der Waals surface area contributed by atoms with Crippen molar-refractivity contribution in [2.24, 2.45) is 0 Å². The Morgan fingerprint density at radius 2 is 1.76 bits per heavy atom. The predicted molar refractivity (Wildman–Crippen MR) is 94.9 cm³/mol. The highest BCUT2D eigenvalue weighted by atomic mass is 32.2. The first-order chi connectivity index (χ1) is 11.7. The van der Waals surface area contributed by atoms with E-state index in [4.69, 9.17) is 4.74 Å². The van der Waals surface area contributed by atoms with Gasteiger partial charge >= 0.3 is 5.97 Å². The maximum absolute atomic E-state index is 12.2. The zero-order valence-corrected chi connectivity index (χ0v) is 14.7. The molecule has 6 nitrogen and oxygen atoms in total. The van der Waals surface area contributed by atoms with Crippen molar-refractivity contribution < 1.29 is 22.7 Å². The van der Waals surface area contributed by atoms with Crippen LogP contribution in [0.15, 0.2) is 54.6 Å². The van der Waals surface area contributed by atoms with E-state index in [2.05, 4.69) is 5.32 Å². The monoisotopic (exact) mass is 361 g/mol. The molecule has 132 valence electrons. The van der Waals surface area contributed by atoms with Crippen LogP contribution in [0.25, 0.3) is 0 Å². The van der Waals surface area contributed by atoms with Crippen LogP contribution in [-0.4, -0.2) is 32.7 Å². The number of amides is 1. The number of para-hydroxylation sites is 1. The summed E-state index contributed by atoms with van der Waals surface area (Å²) in [4.78, 5) is 24.2. The van der Waals surface area contributed by atoms with E-state index in [-0.39, 0.29) is 11.3 Å². The quantitative estimate of drug-likeness (QED) is 0.798. The van der Waals surface area contributed by atoms with Crippen LogP contribution >= 0.6 is 0 Å². The molecule has 0 saturated carbocycles. The highest BCUT2D eigenvalue weighted by Gasteiger charge is 2.19. The predicted octanol–water partition coefficient (Wildman–Crippen LogP) is 2.42. The van der Waals surface area contributed by atoms with Crippen LogP contribution in [-0.2, 0) is 25.1 Å². The molecule has 0 saturated heterocycles. The Kier molecular flexibility index (Phi) is 5.93. The number of carbonyl (C=O) groups excluding carboxylic acids is 2. The van der Waals surface area contributed by atoms with Crippen LogP contribution in [0.4, 0.5) is 5.69 Å². The van der Waals surface area contributed by atoms with Gasteiger partial charge in [-0.2, -0.15) is 0 Å². The van der Waals surface area contributed by atoms with E-state index in [9.17, 15) is 18.0 Å². The zero-order valence-electron chi connectivity index (χ0n) is 13.9. The summed E-state index contributed by atoms with van der Waals surface area (Å²) in [5.74, 6) is -1.31. The molecule has 1 atom stereocenters. The minimum Gasteiger partial charge on any atom is -0.449 e. The lowest BCUT2D eigenvalue weighted by Crippen LogP contribution is -2.30. The number of ether oxygens (including phenoxy) is 1. The van der Waals surface area contributed by atoms with Gasteiger partial charge in [0.25, 0.3) is 5.91 Å². The van der Waals surface area contributed by atoms with Crippen LogP contribution in [0, 0.1) is 0 Å². The number of hydrogen-bond donors (Lipinski definition) is 1. The largest absolute Gasteiger partial charge is 0.449 e. The van der Waals surface area contributed by atoms with E-state index in [0.717, 1.165) is 6.26 Å². The fraction of sp³-hybridized carbons (Fsp3) is 0.222. The molecule has 0 aliphatic carbocycles. The minimum atomic E-state index is -3.21. The first kappa shape index (κ1) is 18.7. The molecule has 0 bridgehead atoms. The Bertz CT molecular complexity index is 862. The topological polar surface area (TPSA) is 89.5 Å². The van der Waals surface area contributed by atoms with Gasteiger partial charge in [-0.05, 0) is 36.8 Å². The van der Waals surface area contributed by atoms with Gasteiger partial charge in [0.15, 0.2) is 15.9 Å². The van der Waals surface area contributed by atoms with Crippen LogP contribution in [0.3, 0.4) is 0 Å². The second-order valence-corrected chi connectivity index (χ2v) is 7.81. The number of nitrogens with one attached hydrogen (secondary N) is 1. The smallest absolute Gasteiger partial charge is 0.338 e. The number of esters is 1. The van der Waals surface area contributed by atoms with E-state index < -0.39 is 27.8 Å². The normalized spacial score (nSPS) is 12.2. The zero-order chi connectivity index (χ0) is 18.4. The van der Waals surface area contributed by atoms with Gasteiger partial charge < -0.3 is 10.1 Å². The molecular formula is C18H19NO5S. The average Bonchev–Trinajstić information content (AvgIpc) is 2.54. The summed E-state index contributed by atoms with van der Waals surface area (Å²) in [5.41, 5.74) is 1.28. The molecule has 0 spiro atoms. The fourth-order valence-corrected chi connectivity index (χ4v) is 2.92. The van der Waals surface area contributed by atoms with Gasteiger partial charge in [0.1, 0.15) is 0 Å². The Morgan fingerprint density at radius 1 is 1.08 bits per heavy atom. The Morgan fingerprint density at radius 3 is 2.40 bits per heavy atom. The minimum absolute atomic E-state index is 0.168. The summed E-state index contributed by atoms with van der Waals surface area (Å²) in [6.07, 6.45) is 0.125. The van der Waals surface area contributed by atoms with Crippen LogP contribution in [0.1, 0.15) is 22.8 Å². The molecule has 0 aliphatic rings. The third-order valence-corrected chi connectivity index (χ3v) is 4.14. The summed E-state index contributed by atoms with van der Waals surface area (Å²) in [7, 11) is -3.21. The molecule has 2 aromatic rings. The third-order valence-electron chi connectivity index (χ3n) is 3.29. The van der Waals surface area contributed by atoms with Gasteiger partial charge in [-0.25, -0.2) is 13.2 Å². The van der Waals surface area contributed by atoms with Gasteiger partial charge in [-0.3, -0.25) is 4.79 Å². The van der Waals surface area contributed by atoms with Gasteiger partial charge in [0.2, 0.25) is 0 Å². The first-order valence-electron chi connectivity index (χ1n) is 7.58. The highest BCUT2D eigenvalue weighted by molar-refractivity contribution is 7.89. The number of hydrogen-bond acceptors (Lipinski definition) is 5. The van der Waals surface area contributed by atoms with Crippen molar-refractivity contribution in [3.05, 3.63) is 65.7 Å². The molecule has 0 radical (unpaired) electrons. The summed E-state index contributed by atoms with van der Waals surface area (Å²) in [6, 6.07) is 15.0. The van der Waals surface area contributed by atoms with E-state index in [0.29, 0.717) is 11.3 Å². The summed E-state index contributed by atoms with van der Waals surface area (Å²) in [6.45, 7) is 1.47. The van der Waals surface area contributed by atoms with Gasteiger partial charge in [-0.15, -0.1) is 0 Å². The lowest BCUT2D eigenvalue weighted by molar-refractivity contribution is -0.123. The standard InChI is InChI=1S/C18H19NO5S/c1-13(17(20)19-16-9-4-3-5-10-16)24-18(21)15-8-6-7-14(11-15)12-25(2,22)23/h3-11,13H,12H2,1-2H3,(H,19,20)/t13-/m0/s1. The molecule has 0 fully saturated rings. The number of rotatable bonds is 6. The van der Waals surface area contributed by atoms with E-state index in [1.54, 1.807) is 36.4 Å². The summed E-state index contributed by atoms with van der Waals surface area (Å²) >= 11 is 0. The molecule has 1 amide bonds. The number of anilines is 1. The summed E-state index contributed by atoms with van der Waals surface area (Å²) in [5, 5.41) is 2.65. The molecule has 1 N–H and O–H groups in total. The van der Waals surface area contributed by atoms with Crippen molar-refractivity contribution in [3.63, 3.8) is 0 Å². The Balaban J connectivity index is 2.01. The van der Waals surface area contributed by atoms with Crippen molar-refractivity contribution in [2.75, 3.05) is 11.6 Å². The van der Waals surface area contributed by atoms with Gasteiger partial charge in [0.05, 0.1) is 11.3 Å². The van der Waals surface area contributed by atoms with E-state index in [1.807, 2.05) is 6.07 Å². The number of carbonyl (C=O) groups is 2. The maximum Gasteiger partial charge on any atom is 0.338 e. The number of benzene rings is 2. The van der Waals surface area contributed by atoms with Gasteiger partial charge in [0, 0.05) is 11.9 Å². The summed E-state index contributed by atoms with van der Waals surface area (Å²) < 4.78 is 27.9. The Hall–Kier alpha value is -2.67. The fourth-order valence-electron chi connectivity index (χ4n) is 2.14. The van der Waals surface area contributed by atoms with Crippen LogP contribution in [0.5, 0.6) is 0 Å². The lowest BCUT2D eigenvalue weighted by Gasteiger charge is -2.14. The van der Waals surface area contributed by atoms with Crippen molar-refractivity contribution in [3.8, 4) is 0 Å². The molecule has 2 rings (SSSR count). The van der Waals surface area contributed by atoms with E-state index in [1.165, 1.54) is 19.1 Å². The van der Waals surface area contributed by atoms with E-state index >= 15 is 0 Å². The molecule has 25 heavy (non-hydrogen) atoms. The molecule has 7 heteroatoms.